The summed E-state index contributed by atoms with van der Waals surface area (Å²) in [4.78, 5) is 26.1. The number of carbonyl (C=O) groups is 2. The van der Waals surface area contributed by atoms with Gasteiger partial charge in [0.2, 0.25) is 0 Å². The number of ether oxygens (including phenoxy) is 4. The van der Waals surface area contributed by atoms with Gasteiger partial charge >= 0.3 is 12.1 Å². The number of fused-ring (bicyclic) bond motifs is 1. The molecule has 1 aliphatic rings. The average molecular weight is 548 g/mol. The van der Waals surface area contributed by atoms with Crippen LogP contribution in [0.15, 0.2) is 72.8 Å². The molecule has 3 aromatic rings. The molecule has 1 aliphatic carbocycles. The van der Waals surface area contributed by atoms with E-state index in [2.05, 4.69) is 0 Å². The van der Waals surface area contributed by atoms with Gasteiger partial charge < -0.3 is 29.0 Å². The van der Waals surface area contributed by atoms with E-state index in [1.807, 2.05) is 60.7 Å². The number of carboxylic acid groups (broad SMARTS) is 1. The number of rotatable bonds is 15. The van der Waals surface area contributed by atoms with Crippen LogP contribution in [0.4, 0.5) is 4.79 Å². The van der Waals surface area contributed by atoms with Crippen LogP contribution in [0.25, 0.3) is 0 Å². The number of aryl methyl sites for hydroxylation is 2. The molecule has 0 fully saturated rings. The summed E-state index contributed by atoms with van der Waals surface area (Å²) in [5, 5.41) is 9.30. The quantitative estimate of drug-likeness (QED) is 0.249. The molecular weight excluding hydrogens is 510 g/mol. The predicted octanol–water partition coefficient (Wildman–Crippen LogP) is 5.56. The van der Waals surface area contributed by atoms with Gasteiger partial charge in [0, 0.05) is 19.6 Å². The van der Waals surface area contributed by atoms with E-state index in [4.69, 9.17) is 18.9 Å². The molecule has 0 heterocycles. The molecule has 0 spiro atoms. The first-order valence-electron chi connectivity index (χ1n) is 13.8. The average Bonchev–Trinajstić information content (AvgIpc) is 3.43. The fourth-order valence-corrected chi connectivity index (χ4v) is 4.66. The molecule has 0 aromatic heterocycles. The first-order chi connectivity index (χ1) is 19.5. The number of nitrogens with zero attached hydrogens (tertiary/aromatic N) is 1. The van der Waals surface area contributed by atoms with Crippen molar-refractivity contribution in [2.75, 3.05) is 32.9 Å². The topological polar surface area (TPSA) is 94.5 Å². The smallest absolute Gasteiger partial charge is 0.415 e. The van der Waals surface area contributed by atoms with Crippen LogP contribution in [0, 0.1) is 0 Å². The van der Waals surface area contributed by atoms with E-state index in [1.54, 1.807) is 24.0 Å². The van der Waals surface area contributed by atoms with Crippen molar-refractivity contribution in [3.8, 4) is 17.2 Å². The van der Waals surface area contributed by atoms with Crippen molar-refractivity contribution in [2.45, 2.75) is 45.1 Å². The van der Waals surface area contributed by atoms with Gasteiger partial charge in [-0.2, -0.15) is 0 Å². The normalized spacial score (nSPS) is 12.8. The molecule has 4 rings (SSSR count). The van der Waals surface area contributed by atoms with E-state index in [1.165, 1.54) is 11.1 Å². The molecule has 0 bridgehead atoms. The first-order valence-corrected chi connectivity index (χ1v) is 13.8. The van der Waals surface area contributed by atoms with E-state index in [0.29, 0.717) is 44.2 Å². The number of hydrogen-bond donors (Lipinski definition) is 1. The molecule has 8 heteroatoms. The molecule has 1 N–H and O–H groups in total. The molecule has 3 aromatic carbocycles. The van der Waals surface area contributed by atoms with Gasteiger partial charge in [0.1, 0.15) is 23.9 Å². The number of hydrogen-bond acceptors (Lipinski definition) is 6. The molecule has 1 unspecified atom stereocenters. The molecule has 0 saturated carbocycles. The van der Waals surface area contributed by atoms with Gasteiger partial charge in [-0.1, -0.05) is 36.4 Å². The third-order valence-electron chi connectivity index (χ3n) is 6.74. The Balaban J connectivity index is 1.31. The molecule has 212 valence electrons. The summed E-state index contributed by atoms with van der Waals surface area (Å²) in [6.07, 6.45) is 2.81. The highest BCUT2D eigenvalue weighted by Crippen LogP contribution is 2.26. The van der Waals surface area contributed by atoms with Gasteiger partial charge in [-0.05, 0) is 85.7 Å². The van der Waals surface area contributed by atoms with E-state index < -0.39 is 18.2 Å². The Kier molecular flexibility index (Phi) is 10.8. The van der Waals surface area contributed by atoms with Crippen molar-refractivity contribution in [1.29, 1.82) is 0 Å². The van der Waals surface area contributed by atoms with Crippen LogP contribution < -0.4 is 14.2 Å². The lowest BCUT2D eigenvalue weighted by Crippen LogP contribution is -2.38. The van der Waals surface area contributed by atoms with Gasteiger partial charge in [0.25, 0.3) is 0 Å². The Morgan fingerprint density at radius 1 is 0.850 bits per heavy atom. The fraction of sp³-hybridized carbons (Fsp3) is 0.375. The maximum Gasteiger partial charge on any atom is 0.415 e. The summed E-state index contributed by atoms with van der Waals surface area (Å²) < 4.78 is 22.7. The SMILES string of the molecule is CCOC(Cc1ccc(OCCN(CCCOc2ccccc2)C(=O)Oc2ccc3c(c2)CCC3)cc1)C(=O)O. The summed E-state index contributed by atoms with van der Waals surface area (Å²) in [6, 6.07) is 22.7. The van der Waals surface area contributed by atoms with Gasteiger partial charge in [-0.15, -0.1) is 0 Å². The minimum atomic E-state index is -0.983. The van der Waals surface area contributed by atoms with Crippen molar-refractivity contribution in [2.24, 2.45) is 0 Å². The standard InChI is InChI=1S/C32H37NO7/c1-2-37-30(31(34)35)22-24-12-15-28(16-13-24)39-21-19-33(18-7-20-38-27-10-4-3-5-11-27)32(36)40-29-17-14-25-8-6-9-26(25)23-29/h3-5,10-17,23,30H,2,6-9,18-22H2,1H3,(H,34,35). The Hall–Kier alpha value is -4.04. The third kappa shape index (κ3) is 8.74. The Labute approximate surface area is 235 Å². The van der Waals surface area contributed by atoms with Gasteiger partial charge in [0.15, 0.2) is 6.10 Å². The highest BCUT2D eigenvalue weighted by atomic mass is 16.6. The monoisotopic (exact) mass is 547 g/mol. The van der Waals surface area contributed by atoms with Crippen LogP contribution in [0.1, 0.15) is 36.5 Å². The molecular formula is C32H37NO7. The van der Waals surface area contributed by atoms with Gasteiger partial charge in [-0.25, -0.2) is 9.59 Å². The summed E-state index contributed by atoms with van der Waals surface area (Å²) >= 11 is 0. The van der Waals surface area contributed by atoms with Crippen LogP contribution in [0.3, 0.4) is 0 Å². The summed E-state index contributed by atoms with van der Waals surface area (Å²) in [5.41, 5.74) is 3.41. The lowest BCUT2D eigenvalue weighted by molar-refractivity contribution is -0.149. The third-order valence-corrected chi connectivity index (χ3v) is 6.74. The van der Waals surface area contributed by atoms with Crippen LogP contribution in [0.2, 0.25) is 0 Å². The van der Waals surface area contributed by atoms with Gasteiger partial charge in [-0.3, -0.25) is 0 Å². The number of para-hydroxylation sites is 1. The molecule has 8 nitrogen and oxygen atoms in total. The zero-order valence-corrected chi connectivity index (χ0v) is 22.9. The van der Waals surface area contributed by atoms with Crippen LogP contribution >= 0.6 is 0 Å². The zero-order valence-electron chi connectivity index (χ0n) is 22.9. The fourth-order valence-electron chi connectivity index (χ4n) is 4.66. The number of carbonyl (C=O) groups excluding carboxylic acids is 1. The summed E-state index contributed by atoms with van der Waals surface area (Å²) in [5.74, 6) is 0.992. The summed E-state index contributed by atoms with van der Waals surface area (Å²) in [7, 11) is 0. The Morgan fingerprint density at radius 2 is 1.55 bits per heavy atom. The highest BCUT2D eigenvalue weighted by Gasteiger charge is 2.19. The minimum absolute atomic E-state index is 0.273. The van der Waals surface area contributed by atoms with Crippen molar-refractivity contribution in [3.63, 3.8) is 0 Å². The number of amides is 1. The molecule has 1 atom stereocenters. The molecule has 1 amide bonds. The van der Waals surface area contributed by atoms with Crippen molar-refractivity contribution >= 4 is 12.1 Å². The number of benzene rings is 3. The zero-order chi connectivity index (χ0) is 28.2. The molecule has 0 saturated heterocycles. The summed E-state index contributed by atoms with van der Waals surface area (Å²) in [6.45, 7) is 3.63. The van der Waals surface area contributed by atoms with Crippen molar-refractivity contribution in [1.82, 2.24) is 4.90 Å². The second-order valence-electron chi connectivity index (χ2n) is 9.63. The maximum atomic E-state index is 13.1. The molecule has 40 heavy (non-hydrogen) atoms. The minimum Gasteiger partial charge on any atom is -0.494 e. The number of aliphatic carboxylic acids is 1. The van der Waals surface area contributed by atoms with Crippen molar-refractivity contribution < 1.29 is 33.6 Å². The predicted molar refractivity (Wildman–Crippen MR) is 151 cm³/mol. The largest absolute Gasteiger partial charge is 0.494 e. The van der Waals surface area contributed by atoms with Crippen LogP contribution in [-0.4, -0.2) is 61.1 Å². The van der Waals surface area contributed by atoms with E-state index in [-0.39, 0.29) is 13.0 Å². The Bertz CT molecular complexity index is 1230. The van der Waals surface area contributed by atoms with Crippen LogP contribution in [-0.2, 0) is 28.8 Å². The lowest BCUT2D eigenvalue weighted by atomic mass is 10.1. The van der Waals surface area contributed by atoms with E-state index >= 15 is 0 Å². The van der Waals surface area contributed by atoms with Crippen molar-refractivity contribution in [3.05, 3.63) is 89.5 Å². The molecule has 0 aliphatic heterocycles. The Morgan fingerprint density at radius 3 is 2.30 bits per heavy atom. The highest BCUT2D eigenvalue weighted by molar-refractivity contribution is 5.72. The second kappa shape index (κ2) is 14.9. The maximum absolute atomic E-state index is 13.1. The van der Waals surface area contributed by atoms with E-state index in [9.17, 15) is 14.7 Å². The molecule has 0 radical (unpaired) electrons. The number of carboxylic acids is 1. The van der Waals surface area contributed by atoms with Gasteiger partial charge in [0.05, 0.1) is 13.2 Å². The van der Waals surface area contributed by atoms with E-state index in [0.717, 1.165) is 30.6 Å². The first kappa shape index (κ1) is 29.0. The van der Waals surface area contributed by atoms with Crippen LogP contribution in [0.5, 0.6) is 17.2 Å². The second-order valence-corrected chi connectivity index (χ2v) is 9.63. The lowest BCUT2D eigenvalue weighted by Gasteiger charge is -2.22.